The average molecular weight is 215 g/mol. The molecule has 0 saturated carbocycles. The van der Waals surface area contributed by atoms with Crippen molar-refractivity contribution in [2.45, 2.75) is 46.6 Å². The average Bonchev–Trinajstić information content (AvgIpc) is 2.16. The van der Waals surface area contributed by atoms with Gasteiger partial charge in [0.25, 0.3) is 0 Å². The molecule has 0 aliphatic carbocycles. The van der Waals surface area contributed by atoms with E-state index in [2.05, 4.69) is 33.0 Å². The van der Waals surface area contributed by atoms with Crippen molar-refractivity contribution in [3.8, 4) is 0 Å². The van der Waals surface area contributed by atoms with E-state index in [0.29, 0.717) is 6.54 Å². The summed E-state index contributed by atoms with van der Waals surface area (Å²) in [4.78, 5) is 0. The van der Waals surface area contributed by atoms with Gasteiger partial charge >= 0.3 is 0 Å². The number of nitrogens with two attached hydrogens (primary N) is 2. The second-order valence-electron chi connectivity index (χ2n) is 5.54. The summed E-state index contributed by atoms with van der Waals surface area (Å²) in [5.74, 6) is 0.721. The molecule has 0 rings (SSSR count). The van der Waals surface area contributed by atoms with Crippen molar-refractivity contribution in [2.75, 3.05) is 19.6 Å². The van der Waals surface area contributed by atoms with Crippen LogP contribution >= 0.6 is 0 Å². The Hall–Kier alpha value is -0.120. The molecule has 0 amide bonds. The molecule has 0 saturated heterocycles. The van der Waals surface area contributed by atoms with Gasteiger partial charge in [0, 0.05) is 6.04 Å². The Morgan fingerprint density at radius 2 is 1.87 bits per heavy atom. The van der Waals surface area contributed by atoms with Crippen LogP contribution in [-0.4, -0.2) is 25.7 Å². The first kappa shape index (κ1) is 14.9. The van der Waals surface area contributed by atoms with Gasteiger partial charge in [0.1, 0.15) is 0 Å². The molecule has 15 heavy (non-hydrogen) atoms. The Kier molecular flexibility index (Phi) is 7.14. The zero-order valence-corrected chi connectivity index (χ0v) is 10.8. The molecule has 0 aromatic heterocycles. The van der Waals surface area contributed by atoms with E-state index in [-0.39, 0.29) is 11.5 Å². The van der Waals surface area contributed by atoms with Gasteiger partial charge in [-0.25, -0.2) is 0 Å². The van der Waals surface area contributed by atoms with Crippen molar-refractivity contribution in [2.24, 2.45) is 22.8 Å². The fourth-order valence-electron chi connectivity index (χ4n) is 1.38. The molecule has 0 fully saturated rings. The molecular weight excluding hydrogens is 186 g/mol. The highest BCUT2D eigenvalue weighted by Gasteiger charge is 2.23. The third-order valence-electron chi connectivity index (χ3n) is 2.95. The number of hydrogen-bond acceptors (Lipinski definition) is 3. The Morgan fingerprint density at radius 3 is 2.33 bits per heavy atom. The van der Waals surface area contributed by atoms with Crippen molar-refractivity contribution in [3.05, 3.63) is 0 Å². The summed E-state index contributed by atoms with van der Waals surface area (Å²) in [6.07, 6.45) is 2.19. The van der Waals surface area contributed by atoms with Gasteiger partial charge in [-0.2, -0.15) is 0 Å². The first-order valence-corrected chi connectivity index (χ1v) is 6.06. The van der Waals surface area contributed by atoms with Gasteiger partial charge in [-0.05, 0) is 43.8 Å². The zero-order valence-electron chi connectivity index (χ0n) is 10.8. The molecule has 3 nitrogen and oxygen atoms in total. The maximum absolute atomic E-state index is 6.10. The van der Waals surface area contributed by atoms with Crippen LogP contribution in [-0.2, 0) is 0 Å². The molecule has 0 aliphatic heterocycles. The second kappa shape index (κ2) is 7.20. The summed E-state index contributed by atoms with van der Waals surface area (Å²) in [7, 11) is 0. The van der Waals surface area contributed by atoms with Crippen molar-refractivity contribution >= 4 is 0 Å². The molecule has 3 heteroatoms. The van der Waals surface area contributed by atoms with Crippen LogP contribution in [0.2, 0.25) is 0 Å². The van der Waals surface area contributed by atoms with Gasteiger partial charge in [0.2, 0.25) is 0 Å². The van der Waals surface area contributed by atoms with E-state index in [0.717, 1.165) is 31.8 Å². The van der Waals surface area contributed by atoms with Crippen LogP contribution in [0.15, 0.2) is 0 Å². The summed E-state index contributed by atoms with van der Waals surface area (Å²) < 4.78 is 0. The fourth-order valence-corrected chi connectivity index (χ4v) is 1.38. The van der Waals surface area contributed by atoms with E-state index in [1.165, 1.54) is 0 Å². The van der Waals surface area contributed by atoms with Crippen molar-refractivity contribution in [1.82, 2.24) is 5.32 Å². The Labute approximate surface area is 95.0 Å². The van der Waals surface area contributed by atoms with Gasteiger partial charge in [0.15, 0.2) is 0 Å². The van der Waals surface area contributed by atoms with E-state index >= 15 is 0 Å². The lowest BCUT2D eigenvalue weighted by atomic mass is 9.83. The smallest absolute Gasteiger partial charge is 0.0103 e. The third kappa shape index (κ3) is 6.88. The van der Waals surface area contributed by atoms with Crippen molar-refractivity contribution < 1.29 is 0 Å². The van der Waals surface area contributed by atoms with Crippen molar-refractivity contribution in [3.63, 3.8) is 0 Å². The standard InChI is InChI=1S/C12H29N3/c1-10(2)8-15-7-5-6-11(14)12(3,4)9-13/h10-11,15H,5-9,13-14H2,1-4H3. The van der Waals surface area contributed by atoms with Gasteiger partial charge < -0.3 is 16.8 Å². The van der Waals surface area contributed by atoms with E-state index in [9.17, 15) is 0 Å². The normalized spacial score (nSPS) is 14.6. The molecule has 5 N–H and O–H groups in total. The summed E-state index contributed by atoms with van der Waals surface area (Å²) in [5.41, 5.74) is 11.8. The highest BCUT2D eigenvalue weighted by Crippen LogP contribution is 2.20. The molecular formula is C12H29N3. The molecule has 0 aliphatic rings. The lowest BCUT2D eigenvalue weighted by Crippen LogP contribution is -2.42. The van der Waals surface area contributed by atoms with Gasteiger partial charge in [0.05, 0.1) is 0 Å². The summed E-state index contributed by atoms with van der Waals surface area (Å²) in [6.45, 7) is 11.5. The highest BCUT2D eigenvalue weighted by atomic mass is 14.8. The molecule has 0 aromatic carbocycles. The summed E-state index contributed by atoms with van der Waals surface area (Å²) in [5, 5.41) is 3.42. The minimum atomic E-state index is 0.0675. The predicted octanol–water partition coefficient (Wildman–Crippen LogP) is 1.32. The van der Waals surface area contributed by atoms with Crippen LogP contribution in [0.1, 0.15) is 40.5 Å². The van der Waals surface area contributed by atoms with Crippen LogP contribution in [0, 0.1) is 11.3 Å². The Bertz CT molecular complexity index is 155. The van der Waals surface area contributed by atoms with E-state index in [4.69, 9.17) is 11.5 Å². The first-order valence-electron chi connectivity index (χ1n) is 6.06. The highest BCUT2D eigenvalue weighted by molar-refractivity contribution is 4.82. The predicted molar refractivity (Wildman–Crippen MR) is 67.8 cm³/mol. The summed E-state index contributed by atoms with van der Waals surface area (Å²) in [6, 6.07) is 0.211. The van der Waals surface area contributed by atoms with E-state index < -0.39 is 0 Å². The van der Waals surface area contributed by atoms with Crippen LogP contribution in [0.25, 0.3) is 0 Å². The molecule has 92 valence electrons. The minimum absolute atomic E-state index is 0.0675. The lowest BCUT2D eigenvalue weighted by molar-refractivity contribution is 0.278. The van der Waals surface area contributed by atoms with Crippen LogP contribution < -0.4 is 16.8 Å². The molecule has 0 aromatic rings. The van der Waals surface area contributed by atoms with Gasteiger partial charge in [-0.1, -0.05) is 27.7 Å². The van der Waals surface area contributed by atoms with Gasteiger partial charge in [-0.3, -0.25) is 0 Å². The SMILES string of the molecule is CC(C)CNCCCC(N)C(C)(C)CN. The molecule has 1 unspecified atom stereocenters. The monoisotopic (exact) mass is 215 g/mol. The topological polar surface area (TPSA) is 64.1 Å². The summed E-state index contributed by atoms with van der Waals surface area (Å²) >= 11 is 0. The first-order chi connectivity index (χ1) is 6.90. The van der Waals surface area contributed by atoms with Crippen LogP contribution in [0.5, 0.6) is 0 Å². The molecule has 0 spiro atoms. The lowest BCUT2D eigenvalue weighted by Gasteiger charge is -2.30. The zero-order chi connectivity index (χ0) is 11.9. The fraction of sp³-hybridized carbons (Fsp3) is 1.00. The van der Waals surface area contributed by atoms with Crippen LogP contribution in [0.3, 0.4) is 0 Å². The quantitative estimate of drug-likeness (QED) is 0.535. The van der Waals surface area contributed by atoms with E-state index in [1.807, 2.05) is 0 Å². The second-order valence-corrected chi connectivity index (χ2v) is 5.54. The largest absolute Gasteiger partial charge is 0.330 e. The van der Waals surface area contributed by atoms with Crippen LogP contribution in [0.4, 0.5) is 0 Å². The maximum Gasteiger partial charge on any atom is 0.0103 e. The Balaban J connectivity index is 3.51. The van der Waals surface area contributed by atoms with Crippen molar-refractivity contribution in [1.29, 1.82) is 0 Å². The molecule has 0 bridgehead atoms. The third-order valence-corrected chi connectivity index (χ3v) is 2.95. The molecule has 1 atom stereocenters. The number of nitrogens with one attached hydrogen (secondary N) is 1. The van der Waals surface area contributed by atoms with E-state index in [1.54, 1.807) is 0 Å². The molecule has 0 heterocycles. The molecule has 0 radical (unpaired) electrons. The maximum atomic E-state index is 6.10. The number of hydrogen-bond donors (Lipinski definition) is 3. The van der Waals surface area contributed by atoms with Gasteiger partial charge in [-0.15, -0.1) is 0 Å². The Morgan fingerprint density at radius 1 is 1.27 bits per heavy atom. The minimum Gasteiger partial charge on any atom is -0.330 e. The number of rotatable bonds is 8.